The standard InChI is InChI=1S/C17H24N2O6/c1-23-13-7-11(8-14(24-2)15(13)25-3)9-18-17(22)19-6-4-5-12(10-19)16(20)21/h7-8,12H,4-6,9-10H2,1-3H3,(H,18,22)(H,20,21). The molecule has 1 saturated heterocycles. The lowest BCUT2D eigenvalue weighted by Gasteiger charge is -2.30. The van der Waals surface area contributed by atoms with Gasteiger partial charge in [-0.15, -0.1) is 0 Å². The fourth-order valence-corrected chi connectivity index (χ4v) is 2.89. The van der Waals surface area contributed by atoms with Crippen LogP contribution in [-0.4, -0.2) is 56.4 Å². The number of hydrogen-bond donors (Lipinski definition) is 2. The number of hydrogen-bond acceptors (Lipinski definition) is 5. The number of carboxylic acid groups (broad SMARTS) is 1. The van der Waals surface area contributed by atoms with Gasteiger partial charge in [-0.2, -0.15) is 0 Å². The van der Waals surface area contributed by atoms with Gasteiger partial charge >= 0.3 is 12.0 Å². The number of ether oxygens (including phenoxy) is 3. The van der Waals surface area contributed by atoms with Gasteiger partial charge in [0.05, 0.1) is 27.2 Å². The van der Waals surface area contributed by atoms with Crippen LogP contribution in [0.25, 0.3) is 0 Å². The first-order valence-corrected chi connectivity index (χ1v) is 8.04. The van der Waals surface area contributed by atoms with E-state index in [1.807, 2.05) is 0 Å². The first-order chi connectivity index (χ1) is 12.0. The predicted molar refractivity (Wildman–Crippen MR) is 90.3 cm³/mol. The maximum Gasteiger partial charge on any atom is 0.317 e. The second-order valence-electron chi connectivity index (χ2n) is 5.82. The minimum Gasteiger partial charge on any atom is -0.493 e. The first kappa shape index (κ1) is 18.7. The number of carboxylic acids is 1. The van der Waals surface area contributed by atoms with E-state index in [9.17, 15) is 9.59 Å². The molecule has 25 heavy (non-hydrogen) atoms. The van der Waals surface area contributed by atoms with Gasteiger partial charge in [0.2, 0.25) is 5.75 Å². The minimum absolute atomic E-state index is 0.233. The number of carbonyl (C=O) groups is 2. The van der Waals surface area contributed by atoms with Gasteiger partial charge in [-0.25, -0.2) is 4.79 Å². The van der Waals surface area contributed by atoms with Crippen LogP contribution in [0.1, 0.15) is 18.4 Å². The number of methoxy groups -OCH3 is 3. The van der Waals surface area contributed by atoms with Crippen LogP contribution >= 0.6 is 0 Å². The highest BCUT2D eigenvalue weighted by molar-refractivity contribution is 5.76. The average molecular weight is 352 g/mol. The fourth-order valence-electron chi connectivity index (χ4n) is 2.89. The van der Waals surface area contributed by atoms with Crippen LogP contribution in [0.5, 0.6) is 17.2 Å². The van der Waals surface area contributed by atoms with E-state index in [1.54, 1.807) is 17.0 Å². The van der Waals surface area contributed by atoms with Crippen molar-refractivity contribution in [2.45, 2.75) is 19.4 Å². The number of nitrogens with zero attached hydrogens (tertiary/aromatic N) is 1. The van der Waals surface area contributed by atoms with Gasteiger partial charge in [0.15, 0.2) is 11.5 Å². The molecule has 2 rings (SSSR count). The molecule has 0 aliphatic carbocycles. The van der Waals surface area contributed by atoms with E-state index < -0.39 is 11.9 Å². The number of nitrogens with one attached hydrogen (secondary N) is 1. The second-order valence-corrected chi connectivity index (χ2v) is 5.82. The molecule has 1 aromatic rings. The summed E-state index contributed by atoms with van der Waals surface area (Å²) in [5.41, 5.74) is 0.787. The zero-order chi connectivity index (χ0) is 18.4. The SMILES string of the molecule is COc1cc(CNC(=O)N2CCCC(C(=O)O)C2)cc(OC)c1OC. The fraction of sp³-hybridized carbons (Fsp3) is 0.529. The van der Waals surface area contributed by atoms with E-state index in [2.05, 4.69) is 5.32 Å². The van der Waals surface area contributed by atoms with Crippen LogP contribution in [-0.2, 0) is 11.3 Å². The summed E-state index contributed by atoms with van der Waals surface area (Å²) in [6, 6.07) is 3.25. The lowest BCUT2D eigenvalue weighted by Crippen LogP contribution is -2.46. The van der Waals surface area contributed by atoms with Gasteiger partial charge in [-0.1, -0.05) is 0 Å². The number of amides is 2. The summed E-state index contributed by atoms with van der Waals surface area (Å²) < 4.78 is 15.8. The predicted octanol–water partition coefficient (Wildman–Crippen LogP) is 1.72. The molecule has 1 aliphatic rings. The highest BCUT2D eigenvalue weighted by Crippen LogP contribution is 2.38. The third-order valence-electron chi connectivity index (χ3n) is 4.23. The lowest BCUT2D eigenvalue weighted by atomic mass is 9.99. The van der Waals surface area contributed by atoms with Crippen molar-refractivity contribution >= 4 is 12.0 Å². The number of urea groups is 1. The Balaban J connectivity index is 2.03. The smallest absolute Gasteiger partial charge is 0.317 e. The van der Waals surface area contributed by atoms with Crippen molar-refractivity contribution in [1.29, 1.82) is 0 Å². The summed E-state index contributed by atoms with van der Waals surface area (Å²) in [6.45, 7) is 1.06. The third kappa shape index (κ3) is 4.46. The molecule has 0 bridgehead atoms. The quantitative estimate of drug-likeness (QED) is 0.809. The van der Waals surface area contributed by atoms with Crippen molar-refractivity contribution in [3.05, 3.63) is 17.7 Å². The molecule has 8 nitrogen and oxygen atoms in total. The Hall–Kier alpha value is -2.64. The molecule has 0 radical (unpaired) electrons. The van der Waals surface area contributed by atoms with Crippen LogP contribution in [0.3, 0.4) is 0 Å². The third-order valence-corrected chi connectivity index (χ3v) is 4.23. The van der Waals surface area contributed by atoms with Crippen molar-refractivity contribution in [1.82, 2.24) is 10.2 Å². The highest BCUT2D eigenvalue weighted by atomic mass is 16.5. The van der Waals surface area contributed by atoms with Crippen molar-refractivity contribution < 1.29 is 28.9 Å². The zero-order valence-electron chi connectivity index (χ0n) is 14.7. The molecule has 0 spiro atoms. The van der Waals surface area contributed by atoms with Crippen molar-refractivity contribution in [3.63, 3.8) is 0 Å². The molecular weight excluding hydrogens is 328 g/mol. The zero-order valence-corrected chi connectivity index (χ0v) is 14.7. The molecule has 1 unspecified atom stereocenters. The van der Waals surface area contributed by atoms with E-state index in [0.29, 0.717) is 36.6 Å². The van der Waals surface area contributed by atoms with E-state index >= 15 is 0 Å². The topological polar surface area (TPSA) is 97.3 Å². The number of piperidine rings is 1. The van der Waals surface area contributed by atoms with Crippen LogP contribution < -0.4 is 19.5 Å². The summed E-state index contributed by atoms with van der Waals surface area (Å²) in [5, 5.41) is 11.9. The Bertz CT molecular complexity index is 609. The molecule has 1 aliphatic heterocycles. The summed E-state index contributed by atoms with van der Waals surface area (Å²) in [4.78, 5) is 25.0. The summed E-state index contributed by atoms with van der Waals surface area (Å²) in [7, 11) is 4.58. The van der Waals surface area contributed by atoms with Gasteiger partial charge < -0.3 is 29.5 Å². The molecule has 2 N–H and O–H groups in total. The van der Waals surface area contributed by atoms with Crippen molar-refractivity contribution in [2.75, 3.05) is 34.4 Å². The largest absolute Gasteiger partial charge is 0.493 e. The van der Waals surface area contributed by atoms with E-state index in [-0.39, 0.29) is 19.1 Å². The number of rotatable bonds is 6. The van der Waals surface area contributed by atoms with Gasteiger partial charge in [-0.05, 0) is 30.5 Å². The van der Waals surface area contributed by atoms with E-state index in [4.69, 9.17) is 19.3 Å². The van der Waals surface area contributed by atoms with Crippen molar-refractivity contribution in [3.8, 4) is 17.2 Å². The molecular formula is C17H24N2O6. The normalized spacial score (nSPS) is 16.9. The Labute approximate surface area is 146 Å². The average Bonchev–Trinajstić information content (AvgIpc) is 2.64. The molecule has 8 heteroatoms. The van der Waals surface area contributed by atoms with Gasteiger partial charge in [0.25, 0.3) is 0 Å². The maximum atomic E-state index is 12.3. The maximum absolute atomic E-state index is 12.3. The Morgan fingerprint density at radius 3 is 2.36 bits per heavy atom. The number of likely N-dealkylation sites (tertiary alicyclic amines) is 1. The van der Waals surface area contributed by atoms with E-state index in [1.165, 1.54) is 21.3 Å². The molecule has 1 fully saturated rings. The molecule has 1 aromatic carbocycles. The molecule has 138 valence electrons. The molecule has 1 heterocycles. The number of aliphatic carboxylic acids is 1. The van der Waals surface area contributed by atoms with Crippen LogP contribution in [0.4, 0.5) is 4.79 Å². The summed E-state index contributed by atoms with van der Waals surface area (Å²) in [5.74, 6) is 0.147. The Morgan fingerprint density at radius 2 is 1.84 bits per heavy atom. The van der Waals surface area contributed by atoms with Gasteiger partial charge in [0, 0.05) is 19.6 Å². The monoisotopic (exact) mass is 352 g/mol. The minimum atomic E-state index is -0.859. The first-order valence-electron chi connectivity index (χ1n) is 8.04. The van der Waals surface area contributed by atoms with Crippen molar-refractivity contribution in [2.24, 2.45) is 5.92 Å². The Kier molecular flexibility index (Phi) is 6.32. The molecule has 0 aromatic heterocycles. The van der Waals surface area contributed by atoms with E-state index in [0.717, 1.165) is 5.56 Å². The van der Waals surface area contributed by atoms with Crippen LogP contribution in [0.15, 0.2) is 12.1 Å². The lowest BCUT2D eigenvalue weighted by molar-refractivity contribution is -0.143. The highest BCUT2D eigenvalue weighted by Gasteiger charge is 2.28. The van der Waals surface area contributed by atoms with Gasteiger partial charge in [-0.3, -0.25) is 4.79 Å². The number of carbonyl (C=O) groups excluding carboxylic acids is 1. The molecule has 0 saturated carbocycles. The second kappa shape index (κ2) is 8.46. The summed E-state index contributed by atoms with van der Waals surface area (Å²) in [6.07, 6.45) is 1.29. The molecule has 2 amide bonds. The summed E-state index contributed by atoms with van der Waals surface area (Å²) >= 11 is 0. The van der Waals surface area contributed by atoms with Crippen LogP contribution in [0.2, 0.25) is 0 Å². The Morgan fingerprint density at radius 1 is 1.20 bits per heavy atom. The number of benzene rings is 1. The van der Waals surface area contributed by atoms with Gasteiger partial charge in [0.1, 0.15) is 0 Å². The van der Waals surface area contributed by atoms with Crippen LogP contribution in [0, 0.1) is 5.92 Å². The molecule has 1 atom stereocenters.